The van der Waals surface area contributed by atoms with Gasteiger partial charge in [0.15, 0.2) is 0 Å². The van der Waals surface area contributed by atoms with E-state index >= 15 is 0 Å². The second kappa shape index (κ2) is 7.53. The molecule has 0 rings (SSSR count). The number of nitrogens with one attached hydrogen (secondary N) is 1. The molecule has 74 valence electrons. The first kappa shape index (κ1) is 11.9. The number of hydrogen-bond acceptors (Lipinski definition) is 3. The molecule has 0 saturated heterocycles. The molecule has 0 fully saturated rings. The van der Waals surface area contributed by atoms with E-state index in [1.54, 1.807) is 0 Å². The Morgan fingerprint density at radius 1 is 1.33 bits per heavy atom. The molecule has 0 aliphatic rings. The molecule has 0 aliphatic heterocycles. The van der Waals surface area contributed by atoms with Crippen LogP contribution < -0.4 is 5.32 Å². The van der Waals surface area contributed by atoms with Gasteiger partial charge in [-0.1, -0.05) is 20.3 Å². The fourth-order valence-electron chi connectivity index (χ4n) is 1.17. The Hall–Kier alpha value is -0.120. The van der Waals surface area contributed by atoms with E-state index in [1.807, 2.05) is 0 Å². The smallest absolute Gasteiger partial charge is 0.0895 e. The van der Waals surface area contributed by atoms with Gasteiger partial charge in [-0.05, 0) is 12.8 Å². The maximum Gasteiger partial charge on any atom is 0.0895 e. The van der Waals surface area contributed by atoms with Crippen LogP contribution in [-0.4, -0.2) is 35.5 Å². The zero-order chi connectivity index (χ0) is 9.40. The number of hydrogen-bond donors (Lipinski definition) is 3. The number of rotatable bonds is 7. The van der Waals surface area contributed by atoms with E-state index in [0.29, 0.717) is 12.6 Å². The van der Waals surface area contributed by atoms with Gasteiger partial charge >= 0.3 is 0 Å². The summed E-state index contributed by atoms with van der Waals surface area (Å²) >= 11 is 0. The average molecular weight is 175 g/mol. The van der Waals surface area contributed by atoms with Crippen molar-refractivity contribution in [3.05, 3.63) is 0 Å². The Labute approximate surface area is 74.8 Å². The largest absolute Gasteiger partial charge is 0.394 e. The molecule has 0 amide bonds. The summed E-state index contributed by atoms with van der Waals surface area (Å²) < 4.78 is 0. The molecule has 0 aliphatic carbocycles. The van der Waals surface area contributed by atoms with Crippen LogP contribution in [0.5, 0.6) is 0 Å². The van der Waals surface area contributed by atoms with E-state index in [1.165, 1.54) is 0 Å². The Morgan fingerprint density at radius 2 is 2.00 bits per heavy atom. The molecule has 2 atom stereocenters. The Morgan fingerprint density at radius 3 is 2.42 bits per heavy atom. The van der Waals surface area contributed by atoms with Crippen LogP contribution in [0.3, 0.4) is 0 Å². The molecule has 0 bridgehead atoms. The van der Waals surface area contributed by atoms with E-state index in [0.717, 1.165) is 19.3 Å². The molecule has 3 heteroatoms. The molecule has 12 heavy (non-hydrogen) atoms. The van der Waals surface area contributed by atoms with Gasteiger partial charge in [0.1, 0.15) is 0 Å². The predicted molar refractivity (Wildman–Crippen MR) is 50.1 cm³/mol. The maximum atomic E-state index is 9.06. The van der Waals surface area contributed by atoms with Crippen molar-refractivity contribution in [3.63, 3.8) is 0 Å². The average Bonchev–Trinajstić information content (AvgIpc) is 2.11. The van der Waals surface area contributed by atoms with Crippen molar-refractivity contribution in [2.75, 3.05) is 13.2 Å². The minimum absolute atomic E-state index is 0.157. The minimum atomic E-state index is -0.615. The summed E-state index contributed by atoms with van der Waals surface area (Å²) in [6.07, 6.45) is 2.75. The quantitative estimate of drug-likeness (QED) is 0.528. The van der Waals surface area contributed by atoms with Gasteiger partial charge in [-0.15, -0.1) is 0 Å². The first-order valence-electron chi connectivity index (χ1n) is 4.76. The molecule has 0 aromatic carbocycles. The van der Waals surface area contributed by atoms with E-state index in [4.69, 9.17) is 10.2 Å². The molecule has 0 heterocycles. The maximum absolute atomic E-state index is 9.06. The van der Waals surface area contributed by atoms with E-state index < -0.39 is 6.10 Å². The van der Waals surface area contributed by atoms with Crippen LogP contribution in [0.4, 0.5) is 0 Å². The predicted octanol–water partition coefficient (Wildman–Crippen LogP) is 0.508. The molecule has 0 spiro atoms. The van der Waals surface area contributed by atoms with E-state index in [9.17, 15) is 0 Å². The molecular formula is C9H21NO2. The minimum Gasteiger partial charge on any atom is -0.394 e. The van der Waals surface area contributed by atoms with E-state index in [2.05, 4.69) is 19.2 Å². The highest BCUT2D eigenvalue weighted by molar-refractivity contribution is 4.66. The summed E-state index contributed by atoms with van der Waals surface area (Å²) in [5.74, 6) is 0. The third kappa shape index (κ3) is 5.52. The summed E-state index contributed by atoms with van der Waals surface area (Å²) in [5, 5.41) is 20.8. The molecule has 0 aromatic heterocycles. The zero-order valence-corrected chi connectivity index (χ0v) is 8.08. The van der Waals surface area contributed by atoms with Gasteiger partial charge in [0, 0.05) is 12.6 Å². The van der Waals surface area contributed by atoms with Crippen molar-refractivity contribution in [3.8, 4) is 0 Å². The lowest BCUT2D eigenvalue weighted by atomic mass is 10.1. The fourth-order valence-corrected chi connectivity index (χ4v) is 1.17. The SMILES string of the molecule is CCCC(CC)NC[C@H](O)CO. The van der Waals surface area contributed by atoms with Crippen molar-refractivity contribution in [2.24, 2.45) is 0 Å². The van der Waals surface area contributed by atoms with Gasteiger partial charge in [-0.3, -0.25) is 0 Å². The van der Waals surface area contributed by atoms with Crippen LogP contribution in [0.2, 0.25) is 0 Å². The molecule has 0 saturated carbocycles. The molecule has 1 unspecified atom stereocenters. The van der Waals surface area contributed by atoms with Gasteiger partial charge in [0.2, 0.25) is 0 Å². The number of aliphatic hydroxyl groups excluding tert-OH is 2. The van der Waals surface area contributed by atoms with Gasteiger partial charge in [-0.2, -0.15) is 0 Å². The molecule has 3 nitrogen and oxygen atoms in total. The molecular weight excluding hydrogens is 154 g/mol. The third-order valence-electron chi connectivity index (χ3n) is 1.98. The van der Waals surface area contributed by atoms with Crippen molar-refractivity contribution in [1.29, 1.82) is 0 Å². The fraction of sp³-hybridized carbons (Fsp3) is 1.00. The van der Waals surface area contributed by atoms with Gasteiger partial charge in [0.25, 0.3) is 0 Å². The summed E-state index contributed by atoms with van der Waals surface area (Å²) in [7, 11) is 0. The first-order valence-corrected chi connectivity index (χ1v) is 4.76. The Bertz CT molecular complexity index is 98.5. The molecule has 0 aromatic rings. The van der Waals surface area contributed by atoms with Crippen LogP contribution >= 0.6 is 0 Å². The summed E-state index contributed by atoms with van der Waals surface area (Å²) in [6.45, 7) is 4.61. The van der Waals surface area contributed by atoms with Crippen molar-refractivity contribution in [1.82, 2.24) is 5.32 Å². The second-order valence-corrected chi connectivity index (χ2v) is 3.14. The summed E-state index contributed by atoms with van der Waals surface area (Å²) in [6, 6.07) is 0.483. The summed E-state index contributed by atoms with van der Waals surface area (Å²) in [5.41, 5.74) is 0. The highest BCUT2D eigenvalue weighted by atomic mass is 16.3. The lowest BCUT2D eigenvalue weighted by Crippen LogP contribution is -2.36. The zero-order valence-electron chi connectivity index (χ0n) is 8.08. The van der Waals surface area contributed by atoms with Crippen LogP contribution in [0, 0.1) is 0 Å². The Kier molecular flexibility index (Phi) is 7.45. The van der Waals surface area contributed by atoms with Crippen molar-refractivity contribution < 1.29 is 10.2 Å². The molecule has 0 radical (unpaired) electrons. The van der Waals surface area contributed by atoms with Gasteiger partial charge in [0.05, 0.1) is 12.7 Å². The van der Waals surface area contributed by atoms with Crippen molar-refractivity contribution >= 4 is 0 Å². The van der Waals surface area contributed by atoms with Crippen LogP contribution in [0.15, 0.2) is 0 Å². The number of aliphatic hydroxyl groups is 2. The van der Waals surface area contributed by atoms with Crippen LogP contribution in [0.1, 0.15) is 33.1 Å². The standard InChI is InChI=1S/C9H21NO2/c1-3-5-8(4-2)10-6-9(12)7-11/h8-12H,3-7H2,1-2H3/t8?,9-/m0/s1. The highest BCUT2D eigenvalue weighted by Gasteiger charge is 2.06. The topological polar surface area (TPSA) is 52.5 Å². The second-order valence-electron chi connectivity index (χ2n) is 3.14. The van der Waals surface area contributed by atoms with Crippen molar-refractivity contribution in [2.45, 2.75) is 45.3 Å². The normalized spacial score (nSPS) is 16.0. The van der Waals surface area contributed by atoms with Gasteiger partial charge in [-0.25, -0.2) is 0 Å². The summed E-state index contributed by atoms with van der Waals surface area (Å²) in [4.78, 5) is 0. The van der Waals surface area contributed by atoms with E-state index in [-0.39, 0.29) is 6.61 Å². The lowest BCUT2D eigenvalue weighted by Gasteiger charge is -2.17. The van der Waals surface area contributed by atoms with Gasteiger partial charge < -0.3 is 15.5 Å². The third-order valence-corrected chi connectivity index (χ3v) is 1.98. The van der Waals surface area contributed by atoms with Crippen LogP contribution in [-0.2, 0) is 0 Å². The van der Waals surface area contributed by atoms with Crippen LogP contribution in [0.25, 0.3) is 0 Å². The lowest BCUT2D eigenvalue weighted by molar-refractivity contribution is 0.0914. The monoisotopic (exact) mass is 175 g/mol. The first-order chi connectivity index (χ1) is 5.74. The molecule has 3 N–H and O–H groups in total. The Balaban J connectivity index is 3.43. The highest BCUT2D eigenvalue weighted by Crippen LogP contribution is 2.00.